The number of aryl methyl sites for hydroxylation is 1. The van der Waals surface area contributed by atoms with Crippen LogP contribution in [-0.4, -0.2) is 55.2 Å². The molecule has 0 bridgehead atoms. The SMILES string of the molecule is COc1ncnc2c1ccn2[C@@H]1O[C@H](CCc2ccc3cc(Cl)c(N)nc3c2)[C@@H](O)[C@H]1O. The summed E-state index contributed by atoms with van der Waals surface area (Å²) in [5.74, 6) is 0.724. The summed E-state index contributed by atoms with van der Waals surface area (Å²) in [4.78, 5) is 12.7. The number of hydrogen-bond donors (Lipinski definition) is 3. The van der Waals surface area contributed by atoms with Gasteiger partial charge in [-0.15, -0.1) is 0 Å². The molecule has 3 aromatic heterocycles. The molecule has 0 aliphatic carbocycles. The van der Waals surface area contributed by atoms with Crippen molar-refractivity contribution in [3.63, 3.8) is 0 Å². The first-order valence-electron chi connectivity index (χ1n) is 10.2. The van der Waals surface area contributed by atoms with Gasteiger partial charge < -0.3 is 30.0 Å². The molecule has 0 spiro atoms. The number of nitrogens with zero attached hydrogens (tertiary/aromatic N) is 4. The number of pyridine rings is 1. The Morgan fingerprint density at radius 3 is 2.84 bits per heavy atom. The number of aliphatic hydroxyl groups excluding tert-OH is 2. The summed E-state index contributed by atoms with van der Waals surface area (Å²) in [6.45, 7) is 0. The minimum Gasteiger partial charge on any atom is -0.480 e. The minimum atomic E-state index is -1.10. The molecule has 9 nitrogen and oxygen atoms in total. The van der Waals surface area contributed by atoms with E-state index in [1.807, 2.05) is 18.2 Å². The third-order valence-electron chi connectivity index (χ3n) is 5.86. The summed E-state index contributed by atoms with van der Waals surface area (Å²) in [6.07, 6.45) is 0.828. The summed E-state index contributed by atoms with van der Waals surface area (Å²) < 4.78 is 13.0. The summed E-state index contributed by atoms with van der Waals surface area (Å²) in [5, 5.41) is 23.3. The first-order chi connectivity index (χ1) is 15.5. The van der Waals surface area contributed by atoms with Crippen molar-refractivity contribution in [2.75, 3.05) is 12.8 Å². The number of methoxy groups -OCH3 is 1. The van der Waals surface area contributed by atoms with E-state index in [4.69, 9.17) is 26.8 Å². The predicted molar refractivity (Wildman–Crippen MR) is 119 cm³/mol. The molecular formula is C22H22ClN5O4. The van der Waals surface area contributed by atoms with Gasteiger partial charge >= 0.3 is 0 Å². The van der Waals surface area contributed by atoms with Crippen LogP contribution in [0.25, 0.3) is 21.9 Å². The number of aliphatic hydroxyl groups is 2. The van der Waals surface area contributed by atoms with Gasteiger partial charge in [0.2, 0.25) is 5.88 Å². The molecule has 0 amide bonds. The summed E-state index contributed by atoms with van der Waals surface area (Å²) in [7, 11) is 1.53. The normalized spacial score (nSPS) is 23.2. The zero-order valence-corrected chi connectivity index (χ0v) is 18.0. The van der Waals surface area contributed by atoms with E-state index in [2.05, 4.69) is 15.0 Å². The van der Waals surface area contributed by atoms with Crippen LogP contribution in [0.1, 0.15) is 18.2 Å². The van der Waals surface area contributed by atoms with Gasteiger partial charge in [0, 0.05) is 11.6 Å². The van der Waals surface area contributed by atoms with Crippen molar-refractivity contribution in [1.82, 2.24) is 19.5 Å². The number of nitrogen functional groups attached to an aromatic ring is 1. The number of ether oxygens (including phenoxy) is 2. The van der Waals surface area contributed by atoms with Crippen LogP contribution < -0.4 is 10.5 Å². The monoisotopic (exact) mass is 455 g/mol. The van der Waals surface area contributed by atoms with Crippen LogP contribution in [0, 0.1) is 0 Å². The highest BCUT2D eigenvalue weighted by atomic mass is 35.5. The maximum atomic E-state index is 10.7. The molecule has 1 aromatic carbocycles. The van der Waals surface area contributed by atoms with Crippen molar-refractivity contribution in [2.45, 2.75) is 37.4 Å². The van der Waals surface area contributed by atoms with Crippen LogP contribution in [0.4, 0.5) is 5.82 Å². The lowest BCUT2D eigenvalue weighted by Gasteiger charge is -2.17. The Balaban J connectivity index is 1.34. The van der Waals surface area contributed by atoms with E-state index < -0.39 is 24.5 Å². The second-order valence-electron chi connectivity index (χ2n) is 7.81. The molecule has 0 saturated carbocycles. The average molecular weight is 456 g/mol. The quantitative estimate of drug-likeness (QED) is 0.418. The predicted octanol–water partition coefficient (Wildman–Crippen LogP) is 2.48. The number of halogens is 1. The molecule has 1 aliphatic rings. The van der Waals surface area contributed by atoms with Gasteiger partial charge in [0.15, 0.2) is 6.23 Å². The number of anilines is 1. The molecule has 4 heterocycles. The number of hydrogen-bond acceptors (Lipinski definition) is 8. The van der Waals surface area contributed by atoms with Crippen LogP contribution in [0.2, 0.25) is 5.02 Å². The molecule has 32 heavy (non-hydrogen) atoms. The second-order valence-corrected chi connectivity index (χ2v) is 8.22. The zero-order chi connectivity index (χ0) is 22.4. The Hall–Kier alpha value is -2.98. The van der Waals surface area contributed by atoms with Gasteiger partial charge in [0.25, 0.3) is 0 Å². The van der Waals surface area contributed by atoms with E-state index in [0.717, 1.165) is 16.5 Å². The standard InChI is InChI=1S/C22H22ClN5O4/c1-31-21-13-6-7-28(20(13)25-10-26-21)22-18(30)17(29)16(32-22)5-3-11-2-4-12-9-14(23)19(24)27-15(12)8-11/h2,4,6-10,16-18,22,29-30H,3,5H2,1H3,(H2,24,27)/t16-,17-,18-,22-/m1/s1. The summed E-state index contributed by atoms with van der Waals surface area (Å²) >= 11 is 6.04. The molecule has 10 heteroatoms. The van der Waals surface area contributed by atoms with Crippen LogP contribution in [-0.2, 0) is 11.2 Å². The van der Waals surface area contributed by atoms with Crippen molar-refractivity contribution >= 4 is 39.4 Å². The number of aromatic nitrogens is 4. The van der Waals surface area contributed by atoms with E-state index in [-0.39, 0.29) is 5.82 Å². The molecule has 4 N–H and O–H groups in total. The van der Waals surface area contributed by atoms with Crippen LogP contribution >= 0.6 is 11.6 Å². The van der Waals surface area contributed by atoms with Crippen molar-refractivity contribution in [1.29, 1.82) is 0 Å². The summed E-state index contributed by atoms with van der Waals surface area (Å²) in [5.41, 5.74) is 8.15. The lowest BCUT2D eigenvalue weighted by Crippen LogP contribution is -2.31. The fraction of sp³-hybridized carbons (Fsp3) is 0.318. The van der Waals surface area contributed by atoms with Crippen LogP contribution in [0.5, 0.6) is 5.88 Å². The molecule has 5 rings (SSSR count). The molecule has 1 fully saturated rings. The van der Waals surface area contributed by atoms with Gasteiger partial charge in [-0.1, -0.05) is 23.7 Å². The van der Waals surface area contributed by atoms with Crippen molar-refractivity contribution in [3.05, 3.63) is 53.4 Å². The Morgan fingerprint density at radius 2 is 2.03 bits per heavy atom. The van der Waals surface area contributed by atoms with Gasteiger partial charge in [-0.2, -0.15) is 0 Å². The van der Waals surface area contributed by atoms with Crippen molar-refractivity contribution in [3.8, 4) is 5.88 Å². The molecule has 1 aliphatic heterocycles. The third kappa shape index (κ3) is 3.53. The van der Waals surface area contributed by atoms with Crippen molar-refractivity contribution < 1.29 is 19.7 Å². The summed E-state index contributed by atoms with van der Waals surface area (Å²) in [6, 6.07) is 9.44. The van der Waals surface area contributed by atoms with Crippen molar-refractivity contribution in [2.24, 2.45) is 0 Å². The third-order valence-corrected chi connectivity index (χ3v) is 6.16. The Bertz CT molecular complexity index is 1300. The van der Waals surface area contributed by atoms with Gasteiger partial charge in [0.05, 0.1) is 29.1 Å². The Labute approximate surface area is 188 Å². The first-order valence-corrected chi connectivity index (χ1v) is 10.6. The van der Waals surface area contributed by atoms with Crippen LogP contribution in [0.3, 0.4) is 0 Å². The molecule has 166 valence electrons. The van der Waals surface area contributed by atoms with E-state index in [1.165, 1.54) is 13.4 Å². The van der Waals surface area contributed by atoms with Crippen LogP contribution in [0.15, 0.2) is 42.9 Å². The Morgan fingerprint density at radius 1 is 1.19 bits per heavy atom. The second kappa shape index (κ2) is 8.18. The zero-order valence-electron chi connectivity index (χ0n) is 17.2. The number of benzene rings is 1. The number of nitrogens with two attached hydrogens (primary N) is 1. The minimum absolute atomic E-state index is 0.288. The van der Waals surface area contributed by atoms with Gasteiger partial charge in [-0.3, -0.25) is 0 Å². The van der Waals surface area contributed by atoms with E-state index in [0.29, 0.717) is 34.8 Å². The molecule has 4 atom stereocenters. The fourth-order valence-corrected chi connectivity index (χ4v) is 4.34. The van der Waals surface area contributed by atoms with Gasteiger partial charge in [0.1, 0.15) is 30.0 Å². The smallest absolute Gasteiger partial charge is 0.225 e. The van der Waals surface area contributed by atoms with E-state index in [1.54, 1.807) is 22.9 Å². The molecule has 0 radical (unpaired) electrons. The maximum absolute atomic E-state index is 10.7. The maximum Gasteiger partial charge on any atom is 0.225 e. The Kier molecular flexibility index (Phi) is 5.34. The van der Waals surface area contributed by atoms with E-state index in [9.17, 15) is 10.2 Å². The molecule has 0 unspecified atom stereocenters. The highest BCUT2D eigenvalue weighted by Gasteiger charge is 2.43. The van der Waals surface area contributed by atoms with E-state index >= 15 is 0 Å². The molecule has 4 aromatic rings. The van der Waals surface area contributed by atoms with Gasteiger partial charge in [-0.05, 0) is 36.6 Å². The topological polar surface area (TPSA) is 129 Å². The number of fused-ring (bicyclic) bond motifs is 2. The lowest BCUT2D eigenvalue weighted by molar-refractivity contribution is -0.0364. The molecule has 1 saturated heterocycles. The molecular weight excluding hydrogens is 434 g/mol. The first kappa shape index (κ1) is 20.9. The highest BCUT2D eigenvalue weighted by molar-refractivity contribution is 6.33. The average Bonchev–Trinajstić information content (AvgIpc) is 3.34. The largest absolute Gasteiger partial charge is 0.480 e. The lowest BCUT2D eigenvalue weighted by atomic mass is 10.0. The van der Waals surface area contributed by atoms with Gasteiger partial charge in [-0.25, -0.2) is 15.0 Å². The number of rotatable bonds is 5. The highest BCUT2D eigenvalue weighted by Crippen LogP contribution is 2.35. The fourth-order valence-electron chi connectivity index (χ4n) is 4.18.